The van der Waals surface area contributed by atoms with Gasteiger partial charge in [-0.05, 0) is 37.3 Å². The fraction of sp³-hybridized carbons (Fsp3) is 0.476. The summed E-state index contributed by atoms with van der Waals surface area (Å²) in [6.45, 7) is 2.69. The molecule has 3 heterocycles. The van der Waals surface area contributed by atoms with E-state index in [9.17, 15) is 4.79 Å². The third-order valence-electron chi connectivity index (χ3n) is 5.87. The first-order valence-electron chi connectivity index (χ1n) is 10.1. The zero-order valence-corrected chi connectivity index (χ0v) is 15.8. The van der Waals surface area contributed by atoms with Crippen molar-refractivity contribution in [3.8, 4) is 0 Å². The van der Waals surface area contributed by atoms with E-state index >= 15 is 0 Å². The Morgan fingerprint density at radius 2 is 1.89 bits per heavy atom. The predicted octanol–water partition coefficient (Wildman–Crippen LogP) is 2.20. The quantitative estimate of drug-likeness (QED) is 0.829. The van der Waals surface area contributed by atoms with Gasteiger partial charge in [0, 0.05) is 43.3 Å². The maximum Gasteiger partial charge on any atom is 0.254 e. The van der Waals surface area contributed by atoms with Gasteiger partial charge in [0.15, 0.2) is 0 Å². The minimum absolute atomic E-state index is 0.115. The highest BCUT2D eigenvalue weighted by molar-refractivity contribution is 5.93. The Balaban J connectivity index is 1.16. The van der Waals surface area contributed by atoms with Crippen LogP contribution < -0.4 is 10.6 Å². The molecule has 3 atom stereocenters. The number of nitrogens with one attached hydrogen (secondary N) is 2. The van der Waals surface area contributed by atoms with Gasteiger partial charge in [-0.3, -0.25) is 9.69 Å². The van der Waals surface area contributed by atoms with Crippen LogP contribution in [0, 0.1) is 5.92 Å². The van der Waals surface area contributed by atoms with E-state index in [4.69, 9.17) is 4.74 Å². The highest BCUT2D eigenvalue weighted by Gasteiger charge is 2.42. The van der Waals surface area contributed by atoms with E-state index in [1.54, 1.807) is 12.4 Å². The molecule has 1 aliphatic carbocycles. The van der Waals surface area contributed by atoms with Crippen LogP contribution in [0.5, 0.6) is 0 Å². The van der Waals surface area contributed by atoms with Gasteiger partial charge in [0.1, 0.15) is 0 Å². The van der Waals surface area contributed by atoms with Crippen LogP contribution in [0.25, 0.3) is 0 Å². The Kier molecular flexibility index (Phi) is 4.70. The summed E-state index contributed by atoms with van der Waals surface area (Å²) in [5, 5.41) is 6.26. The second-order valence-corrected chi connectivity index (χ2v) is 8.01. The van der Waals surface area contributed by atoms with Crippen molar-refractivity contribution in [2.24, 2.45) is 5.92 Å². The molecule has 3 fully saturated rings. The monoisotopic (exact) mass is 379 g/mol. The number of nitrogens with zero attached hydrogens (tertiary/aromatic N) is 3. The molecule has 0 unspecified atom stereocenters. The zero-order valence-electron chi connectivity index (χ0n) is 15.8. The number of fused-ring (bicyclic) bond motifs is 1. The van der Waals surface area contributed by atoms with E-state index < -0.39 is 0 Å². The summed E-state index contributed by atoms with van der Waals surface area (Å²) in [4.78, 5) is 23.6. The van der Waals surface area contributed by atoms with Gasteiger partial charge in [-0.1, -0.05) is 18.2 Å². The number of para-hydroxylation sites is 1. The Morgan fingerprint density at radius 1 is 1.11 bits per heavy atom. The van der Waals surface area contributed by atoms with Gasteiger partial charge in [0.05, 0.1) is 18.3 Å². The largest absolute Gasteiger partial charge is 0.375 e. The van der Waals surface area contributed by atoms with Crippen molar-refractivity contribution >= 4 is 17.5 Å². The van der Waals surface area contributed by atoms with Gasteiger partial charge < -0.3 is 15.4 Å². The standard InChI is InChI=1S/C21H25N5O2/c27-20(15-9-22-21(23-10-15)25-16-4-2-1-3-5-16)24-17-8-18-13-28-19(14-6-7-14)12-26(18)11-17/h1-5,9-10,14,17-19H,6-8,11-13H2,(H,24,27)(H,22,23,25)/t17-,18+,19-/m1/s1. The molecule has 1 saturated carbocycles. The van der Waals surface area contributed by atoms with Gasteiger partial charge in [-0.2, -0.15) is 0 Å². The van der Waals surface area contributed by atoms with E-state index in [-0.39, 0.29) is 11.9 Å². The number of hydrogen-bond acceptors (Lipinski definition) is 6. The van der Waals surface area contributed by atoms with Crippen LogP contribution in [0.2, 0.25) is 0 Å². The Hall–Kier alpha value is -2.51. The number of ether oxygens (including phenoxy) is 1. The number of aromatic nitrogens is 2. The van der Waals surface area contributed by atoms with Crippen molar-refractivity contribution in [1.82, 2.24) is 20.2 Å². The van der Waals surface area contributed by atoms with Crippen molar-refractivity contribution in [2.45, 2.75) is 37.5 Å². The van der Waals surface area contributed by atoms with Gasteiger partial charge >= 0.3 is 0 Å². The lowest BCUT2D eigenvalue weighted by Crippen LogP contribution is -2.47. The van der Waals surface area contributed by atoms with E-state index in [0.717, 1.165) is 37.7 Å². The second-order valence-electron chi connectivity index (χ2n) is 8.01. The maximum absolute atomic E-state index is 12.6. The van der Waals surface area contributed by atoms with Crippen LogP contribution in [0.3, 0.4) is 0 Å². The average Bonchev–Trinajstić information content (AvgIpc) is 3.49. The smallest absolute Gasteiger partial charge is 0.254 e. The van der Waals surface area contributed by atoms with Crippen molar-refractivity contribution in [3.63, 3.8) is 0 Å². The summed E-state index contributed by atoms with van der Waals surface area (Å²) < 4.78 is 6.03. The summed E-state index contributed by atoms with van der Waals surface area (Å²) in [5.74, 6) is 1.12. The molecule has 1 amide bonds. The van der Waals surface area contributed by atoms with E-state index in [0.29, 0.717) is 23.7 Å². The third-order valence-corrected chi connectivity index (χ3v) is 5.87. The molecule has 2 N–H and O–H groups in total. The van der Waals surface area contributed by atoms with Gasteiger partial charge in [0.25, 0.3) is 5.91 Å². The zero-order chi connectivity index (χ0) is 18.9. The van der Waals surface area contributed by atoms with Crippen molar-refractivity contribution in [3.05, 3.63) is 48.3 Å². The van der Waals surface area contributed by atoms with Crippen molar-refractivity contribution in [2.75, 3.05) is 25.0 Å². The maximum atomic E-state index is 12.6. The molecule has 1 aromatic carbocycles. The molecule has 2 saturated heterocycles. The van der Waals surface area contributed by atoms with E-state index in [1.165, 1.54) is 12.8 Å². The van der Waals surface area contributed by atoms with E-state index in [1.807, 2.05) is 30.3 Å². The number of carbonyl (C=O) groups excluding carboxylic acids is 1. The van der Waals surface area contributed by atoms with Gasteiger partial charge in [-0.25, -0.2) is 9.97 Å². The molecule has 28 heavy (non-hydrogen) atoms. The van der Waals surface area contributed by atoms with Crippen LogP contribution in [0.1, 0.15) is 29.6 Å². The highest BCUT2D eigenvalue weighted by Crippen LogP contribution is 2.37. The fourth-order valence-corrected chi connectivity index (χ4v) is 4.19. The SMILES string of the molecule is O=C(N[C@@H]1C[C@H]2CO[C@@H](C3CC3)CN2C1)c1cnc(Nc2ccccc2)nc1. The minimum atomic E-state index is -0.115. The Bertz CT molecular complexity index is 824. The number of morpholine rings is 1. The molecule has 0 spiro atoms. The number of hydrogen-bond donors (Lipinski definition) is 2. The average molecular weight is 379 g/mol. The first-order valence-corrected chi connectivity index (χ1v) is 10.1. The van der Waals surface area contributed by atoms with Crippen molar-refractivity contribution < 1.29 is 9.53 Å². The van der Waals surface area contributed by atoms with Crippen LogP contribution >= 0.6 is 0 Å². The van der Waals surface area contributed by atoms with Crippen LogP contribution in [0.15, 0.2) is 42.7 Å². The topological polar surface area (TPSA) is 79.4 Å². The molecule has 1 aromatic heterocycles. The van der Waals surface area contributed by atoms with Crippen LogP contribution in [-0.2, 0) is 4.74 Å². The van der Waals surface area contributed by atoms with E-state index in [2.05, 4.69) is 25.5 Å². The molecule has 2 aromatic rings. The number of anilines is 2. The number of benzene rings is 1. The number of rotatable bonds is 5. The first-order chi connectivity index (χ1) is 13.7. The molecule has 7 nitrogen and oxygen atoms in total. The highest BCUT2D eigenvalue weighted by atomic mass is 16.5. The third kappa shape index (κ3) is 3.86. The Labute approximate surface area is 164 Å². The lowest BCUT2D eigenvalue weighted by atomic mass is 10.1. The fourth-order valence-electron chi connectivity index (χ4n) is 4.19. The molecular formula is C21H25N5O2. The van der Waals surface area contributed by atoms with Gasteiger partial charge in [0.2, 0.25) is 5.95 Å². The molecule has 0 bridgehead atoms. The summed E-state index contributed by atoms with van der Waals surface area (Å²) in [7, 11) is 0. The predicted molar refractivity (Wildman–Crippen MR) is 105 cm³/mol. The number of amides is 1. The second kappa shape index (κ2) is 7.48. The summed E-state index contributed by atoms with van der Waals surface area (Å²) in [6, 6.07) is 10.3. The van der Waals surface area contributed by atoms with Crippen LogP contribution in [-0.4, -0.2) is 58.7 Å². The van der Waals surface area contributed by atoms with Crippen molar-refractivity contribution in [1.29, 1.82) is 0 Å². The summed E-state index contributed by atoms with van der Waals surface area (Å²) >= 11 is 0. The molecule has 2 aliphatic heterocycles. The summed E-state index contributed by atoms with van der Waals surface area (Å²) in [5.41, 5.74) is 1.39. The normalized spacial score (nSPS) is 27.2. The molecule has 0 radical (unpaired) electrons. The lowest BCUT2D eigenvalue weighted by molar-refractivity contribution is -0.0581. The lowest BCUT2D eigenvalue weighted by Gasteiger charge is -2.35. The molecular weight excluding hydrogens is 354 g/mol. The summed E-state index contributed by atoms with van der Waals surface area (Å²) in [6.07, 6.45) is 7.09. The molecule has 146 valence electrons. The molecule has 3 aliphatic rings. The number of carbonyl (C=O) groups is 1. The van der Waals surface area contributed by atoms with Crippen LogP contribution in [0.4, 0.5) is 11.6 Å². The Morgan fingerprint density at radius 3 is 2.64 bits per heavy atom. The molecule has 5 rings (SSSR count). The van der Waals surface area contributed by atoms with Gasteiger partial charge in [-0.15, -0.1) is 0 Å². The first kappa shape index (κ1) is 17.6. The molecule has 7 heteroatoms. The minimum Gasteiger partial charge on any atom is -0.375 e.